The van der Waals surface area contributed by atoms with Gasteiger partial charge < -0.3 is 9.47 Å². The van der Waals surface area contributed by atoms with Crippen molar-refractivity contribution in [1.82, 2.24) is 0 Å². The van der Waals surface area contributed by atoms with Gasteiger partial charge in [0.2, 0.25) is 0 Å². The molecule has 0 aromatic carbocycles. The molecule has 0 saturated carbocycles. The summed E-state index contributed by atoms with van der Waals surface area (Å²) in [5.41, 5.74) is 0. The third kappa shape index (κ3) is 3.58. The normalized spacial score (nSPS) is 20.1. The molecule has 2 nitrogen and oxygen atoms in total. The van der Waals surface area contributed by atoms with Gasteiger partial charge in [-0.15, -0.1) is 0 Å². The fraction of sp³-hybridized carbons (Fsp3) is 1.00. The fourth-order valence-electron chi connectivity index (χ4n) is 2.02. The summed E-state index contributed by atoms with van der Waals surface area (Å²) in [6.45, 7) is 5.96. The Kier molecular flexibility index (Phi) is 5.49. The molecule has 0 radical (unpaired) electrons. The molecule has 0 aliphatic carbocycles. The van der Waals surface area contributed by atoms with E-state index in [1.54, 1.807) is 0 Å². The van der Waals surface area contributed by atoms with Crippen LogP contribution in [0.1, 0.15) is 58.8 Å². The first kappa shape index (κ1) is 12.0. The lowest BCUT2D eigenvalue weighted by atomic mass is 10.0. The van der Waals surface area contributed by atoms with E-state index >= 15 is 0 Å². The second-order valence-corrected chi connectivity index (χ2v) is 4.13. The van der Waals surface area contributed by atoms with Gasteiger partial charge in [0, 0.05) is 6.42 Å². The van der Waals surface area contributed by atoms with Crippen LogP contribution in [-0.2, 0) is 9.47 Å². The van der Waals surface area contributed by atoms with Gasteiger partial charge in [-0.2, -0.15) is 0 Å². The molecule has 0 aromatic heterocycles. The molecule has 1 aliphatic heterocycles. The zero-order valence-corrected chi connectivity index (χ0v) is 9.68. The van der Waals surface area contributed by atoms with Crippen LogP contribution >= 0.6 is 0 Å². The fourth-order valence-corrected chi connectivity index (χ4v) is 2.02. The Balaban J connectivity index is 2.08. The second kappa shape index (κ2) is 6.41. The van der Waals surface area contributed by atoms with E-state index in [-0.39, 0.29) is 5.79 Å². The minimum Gasteiger partial charge on any atom is -0.348 e. The highest BCUT2D eigenvalue weighted by atomic mass is 16.7. The first-order valence-electron chi connectivity index (χ1n) is 6.11. The minimum absolute atomic E-state index is 0.216. The maximum absolute atomic E-state index is 5.67. The third-order valence-corrected chi connectivity index (χ3v) is 3.01. The van der Waals surface area contributed by atoms with E-state index in [1.807, 2.05) is 0 Å². The maximum Gasteiger partial charge on any atom is 0.168 e. The standard InChI is InChI=1S/C12H24O2/c1-3-5-6-7-8-9-12(4-2)13-10-11-14-12/h3-11H2,1-2H3. The predicted octanol–water partition coefficient (Wildman–Crippen LogP) is 3.50. The van der Waals surface area contributed by atoms with Crippen LogP contribution in [0.5, 0.6) is 0 Å². The molecule has 1 rings (SSSR count). The highest BCUT2D eigenvalue weighted by Crippen LogP contribution is 2.29. The van der Waals surface area contributed by atoms with Crippen molar-refractivity contribution in [2.75, 3.05) is 13.2 Å². The molecule has 0 amide bonds. The molecule has 0 unspecified atom stereocenters. The molecule has 0 N–H and O–H groups in total. The average molecular weight is 200 g/mol. The quantitative estimate of drug-likeness (QED) is 0.586. The summed E-state index contributed by atoms with van der Waals surface area (Å²) in [5.74, 6) is -0.216. The van der Waals surface area contributed by atoms with Crippen molar-refractivity contribution in [3.8, 4) is 0 Å². The van der Waals surface area contributed by atoms with E-state index in [0.717, 1.165) is 26.1 Å². The number of hydrogen-bond donors (Lipinski definition) is 0. The number of ether oxygens (including phenoxy) is 2. The first-order chi connectivity index (χ1) is 6.83. The Hall–Kier alpha value is -0.0800. The van der Waals surface area contributed by atoms with Gasteiger partial charge in [-0.25, -0.2) is 0 Å². The molecule has 14 heavy (non-hydrogen) atoms. The number of rotatable bonds is 7. The molecule has 1 heterocycles. The van der Waals surface area contributed by atoms with E-state index in [2.05, 4.69) is 13.8 Å². The zero-order valence-electron chi connectivity index (χ0n) is 9.68. The lowest BCUT2D eigenvalue weighted by Crippen LogP contribution is -2.28. The van der Waals surface area contributed by atoms with Gasteiger partial charge in [-0.05, 0) is 12.8 Å². The summed E-state index contributed by atoms with van der Waals surface area (Å²) < 4.78 is 11.3. The van der Waals surface area contributed by atoms with E-state index in [1.165, 1.54) is 32.1 Å². The van der Waals surface area contributed by atoms with Crippen LogP contribution in [-0.4, -0.2) is 19.0 Å². The summed E-state index contributed by atoms with van der Waals surface area (Å²) in [6.07, 6.45) is 8.66. The van der Waals surface area contributed by atoms with Crippen molar-refractivity contribution >= 4 is 0 Å². The maximum atomic E-state index is 5.67. The Bertz CT molecular complexity index is 139. The second-order valence-electron chi connectivity index (χ2n) is 4.13. The Morgan fingerprint density at radius 3 is 2.14 bits per heavy atom. The molecule has 1 aliphatic rings. The molecule has 84 valence electrons. The number of unbranched alkanes of at least 4 members (excludes halogenated alkanes) is 4. The highest BCUT2D eigenvalue weighted by molar-refractivity contribution is 4.72. The van der Waals surface area contributed by atoms with Crippen LogP contribution in [0.2, 0.25) is 0 Å². The summed E-state index contributed by atoms with van der Waals surface area (Å²) in [6, 6.07) is 0. The van der Waals surface area contributed by atoms with Gasteiger partial charge in [-0.3, -0.25) is 0 Å². The van der Waals surface area contributed by atoms with Gasteiger partial charge in [0.1, 0.15) is 0 Å². The molecule has 0 bridgehead atoms. The van der Waals surface area contributed by atoms with Crippen molar-refractivity contribution in [1.29, 1.82) is 0 Å². The third-order valence-electron chi connectivity index (χ3n) is 3.01. The molecular weight excluding hydrogens is 176 g/mol. The summed E-state index contributed by atoms with van der Waals surface area (Å²) in [5, 5.41) is 0. The number of hydrogen-bond acceptors (Lipinski definition) is 2. The van der Waals surface area contributed by atoms with Gasteiger partial charge in [0.25, 0.3) is 0 Å². The average Bonchev–Trinajstić information content (AvgIpc) is 2.67. The SMILES string of the molecule is CCCCCCCC1(CC)OCCO1. The van der Waals surface area contributed by atoms with Gasteiger partial charge in [0.05, 0.1) is 13.2 Å². The molecule has 1 fully saturated rings. The van der Waals surface area contributed by atoms with Crippen LogP contribution in [0.25, 0.3) is 0 Å². The lowest BCUT2D eigenvalue weighted by Gasteiger charge is -2.25. The van der Waals surface area contributed by atoms with Crippen LogP contribution in [0, 0.1) is 0 Å². The Morgan fingerprint density at radius 2 is 1.57 bits per heavy atom. The van der Waals surface area contributed by atoms with Crippen molar-refractivity contribution < 1.29 is 9.47 Å². The van der Waals surface area contributed by atoms with E-state index < -0.39 is 0 Å². The van der Waals surface area contributed by atoms with Crippen LogP contribution < -0.4 is 0 Å². The Morgan fingerprint density at radius 1 is 0.929 bits per heavy atom. The minimum atomic E-state index is -0.216. The lowest BCUT2D eigenvalue weighted by molar-refractivity contribution is -0.164. The van der Waals surface area contributed by atoms with Crippen molar-refractivity contribution in [3.63, 3.8) is 0 Å². The molecule has 2 heteroatoms. The zero-order chi connectivity index (χ0) is 10.3. The summed E-state index contributed by atoms with van der Waals surface area (Å²) >= 11 is 0. The van der Waals surface area contributed by atoms with E-state index in [4.69, 9.17) is 9.47 Å². The summed E-state index contributed by atoms with van der Waals surface area (Å²) in [4.78, 5) is 0. The molecule has 0 aromatic rings. The van der Waals surface area contributed by atoms with Crippen LogP contribution in [0.3, 0.4) is 0 Å². The van der Waals surface area contributed by atoms with E-state index in [9.17, 15) is 0 Å². The van der Waals surface area contributed by atoms with Gasteiger partial charge >= 0.3 is 0 Å². The van der Waals surface area contributed by atoms with Gasteiger partial charge in [-0.1, -0.05) is 39.5 Å². The largest absolute Gasteiger partial charge is 0.348 e. The topological polar surface area (TPSA) is 18.5 Å². The van der Waals surface area contributed by atoms with Gasteiger partial charge in [0.15, 0.2) is 5.79 Å². The summed E-state index contributed by atoms with van der Waals surface area (Å²) in [7, 11) is 0. The van der Waals surface area contributed by atoms with Crippen molar-refractivity contribution in [2.24, 2.45) is 0 Å². The van der Waals surface area contributed by atoms with Crippen molar-refractivity contribution in [2.45, 2.75) is 64.6 Å². The molecule has 0 spiro atoms. The van der Waals surface area contributed by atoms with Crippen molar-refractivity contribution in [3.05, 3.63) is 0 Å². The Labute approximate surface area is 88.0 Å². The molecule has 1 saturated heterocycles. The predicted molar refractivity (Wildman–Crippen MR) is 58.3 cm³/mol. The smallest absolute Gasteiger partial charge is 0.168 e. The first-order valence-corrected chi connectivity index (χ1v) is 6.11. The van der Waals surface area contributed by atoms with Crippen LogP contribution in [0.4, 0.5) is 0 Å². The highest BCUT2D eigenvalue weighted by Gasteiger charge is 2.33. The monoisotopic (exact) mass is 200 g/mol. The molecular formula is C12H24O2. The molecule has 0 atom stereocenters. The van der Waals surface area contributed by atoms with E-state index in [0.29, 0.717) is 0 Å². The van der Waals surface area contributed by atoms with Crippen LogP contribution in [0.15, 0.2) is 0 Å².